The normalized spacial score (nSPS) is 31.7. The fourth-order valence-corrected chi connectivity index (χ4v) is 9.58. The number of carbonyl (C=O) groups is 1. The first-order valence-corrected chi connectivity index (χ1v) is 12.7. The van der Waals surface area contributed by atoms with E-state index in [2.05, 4.69) is 58.0 Å². The van der Waals surface area contributed by atoms with E-state index in [1.54, 1.807) is 0 Å². The number of amides is 1. The number of anilines is 2. The Bertz CT molecular complexity index is 683. The highest BCUT2D eigenvalue weighted by Crippen LogP contribution is 2.64. The zero-order valence-corrected chi connectivity index (χ0v) is 18.0. The second kappa shape index (κ2) is 8.11. The molecule has 2 saturated heterocycles. The third-order valence-corrected chi connectivity index (χ3v) is 11.0. The van der Waals surface area contributed by atoms with Gasteiger partial charge in [-0.2, -0.15) is 0 Å². The van der Waals surface area contributed by atoms with Crippen LogP contribution < -0.4 is 10.2 Å². The van der Waals surface area contributed by atoms with Crippen molar-refractivity contribution in [1.82, 2.24) is 0 Å². The van der Waals surface area contributed by atoms with Gasteiger partial charge in [0.05, 0.1) is 17.3 Å². The molecule has 4 fully saturated rings. The summed E-state index contributed by atoms with van der Waals surface area (Å²) < 4.78 is 5.87. The first-order chi connectivity index (χ1) is 13.7. The van der Waals surface area contributed by atoms with Gasteiger partial charge in [-0.25, -0.2) is 0 Å². The average Bonchev–Trinajstić information content (AvgIpc) is 3.18. The van der Waals surface area contributed by atoms with Gasteiger partial charge < -0.3 is 15.0 Å². The lowest BCUT2D eigenvalue weighted by Gasteiger charge is -2.52. The van der Waals surface area contributed by atoms with Crippen LogP contribution in [0.15, 0.2) is 24.3 Å². The summed E-state index contributed by atoms with van der Waals surface area (Å²) >= 11 is 4.42. The summed E-state index contributed by atoms with van der Waals surface area (Å²) in [6.45, 7) is 3.46. The lowest BCUT2D eigenvalue weighted by molar-refractivity contribution is -0.122. The molecule has 2 atom stereocenters. The van der Waals surface area contributed by atoms with E-state index in [0.717, 1.165) is 56.7 Å². The average molecular weight is 419 g/mol. The van der Waals surface area contributed by atoms with E-state index in [4.69, 9.17) is 4.74 Å². The lowest BCUT2D eigenvalue weighted by Crippen LogP contribution is -2.48. The van der Waals surface area contributed by atoms with Crippen molar-refractivity contribution < 1.29 is 9.53 Å². The number of hydrogen-bond acceptors (Lipinski definition) is 5. The Morgan fingerprint density at radius 1 is 1.04 bits per heavy atom. The molecule has 4 nitrogen and oxygen atoms in total. The highest BCUT2D eigenvalue weighted by atomic mass is 32.2. The molecule has 6 heteroatoms. The van der Waals surface area contributed by atoms with Crippen LogP contribution in [0, 0.1) is 17.8 Å². The van der Waals surface area contributed by atoms with Crippen molar-refractivity contribution in [2.24, 2.45) is 17.8 Å². The summed E-state index contributed by atoms with van der Waals surface area (Å²) in [5.74, 6) is 4.45. The molecule has 5 rings (SSSR count). The maximum Gasteiger partial charge on any atom is 0.227 e. The first-order valence-electron chi connectivity index (χ1n) is 10.8. The summed E-state index contributed by atoms with van der Waals surface area (Å²) in [5, 5.41) is 3.21. The largest absolute Gasteiger partial charge is 0.378 e. The molecule has 1 amide bonds. The minimum Gasteiger partial charge on any atom is -0.378 e. The number of carbonyl (C=O) groups excluding carboxylic acids is 1. The monoisotopic (exact) mass is 418 g/mol. The van der Waals surface area contributed by atoms with E-state index in [1.165, 1.54) is 36.5 Å². The molecule has 2 aliphatic heterocycles. The maximum atomic E-state index is 13.0. The summed E-state index contributed by atoms with van der Waals surface area (Å²) in [5.41, 5.74) is 2.14. The number of ether oxygens (including phenoxy) is 1. The van der Waals surface area contributed by atoms with Gasteiger partial charge in [0, 0.05) is 41.9 Å². The molecule has 0 unspecified atom stereocenters. The summed E-state index contributed by atoms with van der Waals surface area (Å²) in [7, 11) is 0. The van der Waals surface area contributed by atoms with Gasteiger partial charge in [0.25, 0.3) is 0 Å². The molecule has 2 saturated carbocycles. The smallest absolute Gasteiger partial charge is 0.227 e. The number of hydrogen-bond donors (Lipinski definition) is 1. The molecule has 0 radical (unpaired) electrons. The Morgan fingerprint density at radius 2 is 1.68 bits per heavy atom. The Labute approximate surface area is 176 Å². The van der Waals surface area contributed by atoms with E-state index >= 15 is 0 Å². The van der Waals surface area contributed by atoms with E-state index in [-0.39, 0.29) is 11.8 Å². The van der Waals surface area contributed by atoms with E-state index in [1.807, 2.05) is 0 Å². The van der Waals surface area contributed by atoms with E-state index in [0.29, 0.717) is 4.08 Å². The second-order valence-electron chi connectivity index (χ2n) is 8.55. The Morgan fingerprint density at radius 3 is 2.32 bits per heavy atom. The Hall–Kier alpha value is -0.850. The SMILES string of the molecule is O=C(Nc1ccc(N2CCOCC2)cc1)C1C[C@H]2CCC[C@H](C1)C21SCCS1. The van der Waals surface area contributed by atoms with Crippen LogP contribution in [0.5, 0.6) is 0 Å². The molecule has 2 bridgehead atoms. The third-order valence-electron chi connectivity index (χ3n) is 7.00. The molecule has 1 aromatic rings. The highest BCUT2D eigenvalue weighted by Gasteiger charge is 2.55. The Balaban J connectivity index is 1.22. The van der Waals surface area contributed by atoms with Crippen molar-refractivity contribution in [3.63, 3.8) is 0 Å². The molecule has 1 N–H and O–H groups in total. The van der Waals surface area contributed by atoms with Crippen molar-refractivity contribution in [1.29, 1.82) is 0 Å². The topological polar surface area (TPSA) is 41.6 Å². The fraction of sp³-hybridized carbons (Fsp3) is 0.682. The fourth-order valence-electron chi connectivity index (χ4n) is 5.64. The number of morpholine rings is 1. The van der Waals surface area contributed by atoms with Gasteiger partial charge in [-0.15, -0.1) is 23.5 Å². The molecule has 1 spiro atoms. The van der Waals surface area contributed by atoms with Gasteiger partial charge in [-0.05, 0) is 61.8 Å². The third kappa shape index (κ3) is 3.56. The van der Waals surface area contributed by atoms with Gasteiger partial charge in [0.2, 0.25) is 5.91 Å². The molecule has 0 aromatic heterocycles. The number of nitrogens with zero attached hydrogens (tertiary/aromatic N) is 1. The van der Waals surface area contributed by atoms with Crippen molar-refractivity contribution in [2.75, 3.05) is 48.0 Å². The minimum atomic E-state index is 0.182. The molecular weight excluding hydrogens is 388 g/mol. The number of benzene rings is 1. The predicted octanol–water partition coefficient (Wildman–Crippen LogP) is 4.46. The minimum absolute atomic E-state index is 0.182. The van der Waals surface area contributed by atoms with Crippen LogP contribution in [0.1, 0.15) is 32.1 Å². The van der Waals surface area contributed by atoms with Crippen LogP contribution in [0.2, 0.25) is 0 Å². The molecule has 2 heterocycles. The van der Waals surface area contributed by atoms with Crippen LogP contribution >= 0.6 is 23.5 Å². The zero-order valence-electron chi connectivity index (χ0n) is 16.4. The van der Waals surface area contributed by atoms with Crippen LogP contribution in [0.4, 0.5) is 11.4 Å². The van der Waals surface area contributed by atoms with Gasteiger partial charge in [-0.1, -0.05) is 6.42 Å². The number of nitrogens with one attached hydrogen (secondary N) is 1. The van der Waals surface area contributed by atoms with Gasteiger partial charge in [-0.3, -0.25) is 4.79 Å². The first kappa shape index (κ1) is 19.1. The predicted molar refractivity (Wildman–Crippen MR) is 119 cm³/mol. The van der Waals surface area contributed by atoms with Gasteiger partial charge in [0.15, 0.2) is 0 Å². The van der Waals surface area contributed by atoms with Gasteiger partial charge >= 0.3 is 0 Å². The highest BCUT2D eigenvalue weighted by molar-refractivity contribution is 8.21. The molecular formula is C22H30N2O2S2. The van der Waals surface area contributed by atoms with Crippen molar-refractivity contribution in [2.45, 2.75) is 36.2 Å². The Kier molecular flexibility index (Phi) is 5.54. The molecule has 28 heavy (non-hydrogen) atoms. The van der Waals surface area contributed by atoms with Crippen molar-refractivity contribution in [3.05, 3.63) is 24.3 Å². The molecule has 2 aliphatic carbocycles. The quantitative estimate of drug-likeness (QED) is 0.785. The van der Waals surface area contributed by atoms with Crippen LogP contribution in [-0.2, 0) is 9.53 Å². The summed E-state index contributed by atoms with van der Waals surface area (Å²) in [6, 6.07) is 8.35. The zero-order chi connectivity index (χ0) is 19.0. The molecule has 1 aromatic carbocycles. The van der Waals surface area contributed by atoms with Crippen LogP contribution in [0.25, 0.3) is 0 Å². The van der Waals surface area contributed by atoms with Gasteiger partial charge in [0.1, 0.15) is 0 Å². The standard InChI is InChI=1S/C22H30N2O2S2/c25-21(23-19-4-6-20(7-5-19)24-8-10-26-11-9-24)16-14-17-2-1-3-18(15-16)22(17)27-12-13-28-22/h4-7,16-18H,1-3,8-15H2,(H,23,25)/t17-,18-/m1/s1. The lowest BCUT2D eigenvalue weighted by atomic mass is 9.67. The molecule has 4 aliphatic rings. The second-order valence-corrected chi connectivity index (χ2v) is 11.6. The van der Waals surface area contributed by atoms with Crippen LogP contribution in [-0.4, -0.2) is 47.8 Å². The summed E-state index contributed by atoms with van der Waals surface area (Å²) in [6.07, 6.45) is 6.14. The summed E-state index contributed by atoms with van der Waals surface area (Å²) in [4.78, 5) is 15.4. The van der Waals surface area contributed by atoms with E-state index < -0.39 is 0 Å². The molecule has 152 valence electrons. The van der Waals surface area contributed by atoms with Crippen molar-refractivity contribution in [3.8, 4) is 0 Å². The maximum absolute atomic E-state index is 13.0. The van der Waals surface area contributed by atoms with Crippen molar-refractivity contribution >= 4 is 40.8 Å². The van der Waals surface area contributed by atoms with E-state index in [9.17, 15) is 4.79 Å². The number of rotatable bonds is 3. The van der Waals surface area contributed by atoms with Crippen LogP contribution in [0.3, 0.4) is 0 Å². The number of thioether (sulfide) groups is 2.